The fourth-order valence-electron chi connectivity index (χ4n) is 1.78. The van der Waals surface area contributed by atoms with Gasteiger partial charge in [-0.1, -0.05) is 22.0 Å². The van der Waals surface area contributed by atoms with E-state index in [4.69, 9.17) is 0 Å². The quantitative estimate of drug-likeness (QED) is 0.770. The molecule has 0 aliphatic rings. The van der Waals surface area contributed by atoms with E-state index in [0.717, 1.165) is 25.8 Å². The van der Waals surface area contributed by atoms with Crippen molar-refractivity contribution in [3.05, 3.63) is 62.0 Å². The van der Waals surface area contributed by atoms with E-state index in [2.05, 4.69) is 37.2 Å². The van der Waals surface area contributed by atoms with Gasteiger partial charge in [0.25, 0.3) is 5.91 Å². The molecular weight excluding hydrogens is 370 g/mol. The number of rotatable bonds is 2. The number of aryl methyl sites for hydroxylation is 2. The Labute approximate surface area is 129 Å². The van der Waals surface area contributed by atoms with Gasteiger partial charge in [-0.05, 0) is 71.2 Å². The Bertz CT molecular complexity index is 618. The molecule has 0 aliphatic carbocycles. The van der Waals surface area contributed by atoms with Crippen LogP contribution in [0.25, 0.3) is 0 Å². The average Bonchev–Trinajstić information content (AvgIpc) is 2.31. The first-order chi connectivity index (χ1) is 8.95. The van der Waals surface area contributed by atoms with Gasteiger partial charge >= 0.3 is 0 Å². The largest absolute Gasteiger partial charge is 0.321 e. The maximum absolute atomic E-state index is 12.2. The summed E-state index contributed by atoms with van der Waals surface area (Å²) in [4.78, 5) is 12.2. The minimum absolute atomic E-state index is 0.117. The highest BCUT2D eigenvalue weighted by Gasteiger charge is 2.09. The van der Waals surface area contributed by atoms with Crippen molar-refractivity contribution >= 4 is 43.5 Å². The third kappa shape index (κ3) is 3.67. The minimum atomic E-state index is -0.117. The number of anilines is 1. The molecule has 1 amide bonds. The van der Waals surface area contributed by atoms with Gasteiger partial charge in [-0.3, -0.25) is 4.79 Å². The van der Waals surface area contributed by atoms with Gasteiger partial charge in [-0.25, -0.2) is 0 Å². The SMILES string of the molecule is Cc1cc(Br)cc(C(=O)Nc2ccc(C)cc2Br)c1. The minimum Gasteiger partial charge on any atom is -0.321 e. The van der Waals surface area contributed by atoms with Crippen LogP contribution in [0.1, 0.15) is 21.5 Å². The molecule has 0 atom stereocenters. The maximum atomic E-state index is 12.2. The zero-order chi connectivity index (χ0) is 14.0. The first kappa shape index (κ1) is 14.3. The normalized spacial score (nSPS) is 10.3. The van der Waals surface area contributed by atoms with Crippen molar-refractivity contribution in [2.45, 2.75) is 13.8 Å². The van der Waals surface area contributed by atoms with Gasteiger partial charge in [0.15, 0.2) is 0 Å². The molecule has 2 nitrogen and oxygen atoms in total. The van der Waals surface area contributed by atoms with Crippen LogP contribution in [0.5, 0.6) is 0 Å². The van der Waals surface area contributed by atoms with Crippen LogP contribution in [-0.2, 0) is 0 Å². The van der Waals surface area contributed by atoms with E-state index in [9.17, 15) is 4.79 Å². The molecule has 0 saturated carbocycles. The Kier molecular flexibility index (Phi) is 4.42. The van der Waals surface area contributed by atoms with Crippen molar-refractivity contribution in [3.63, 3.8) is 0 Å². The monoisotopic (exact) mass is 381 g/mol. The second-order valence-corrected chi connectivity index (χ2v) is 6.22. The van der Waals surface area contributed by atoms with E-state index in [1.54, 1.807) is 0 Å². The van der Waals surface area contributed by atoms with Gasteiger partial charge < -0.3 is 5.32 Å². The van der Waals surface area contributed by atoms with Crippen LogP contribution in [-0.4, -0.2) is 5.91 Å². The predicted octanol–water partition coefficient (Wildman–Crippen LogP) is 5.08. The zero-order valence-corrected chi connectivity index (χ0v) is 13.8. The van der Waals surface area contributed by atoms with Gasteiger partial charge in [-0.15, -0.1) is 0 Å². The van der Waals surface area contributed by atoms with Crippen LogP contribution in [0, 0.1) is 13.8 Å². The fraction of sp³-hybridized carbons (Fsp3) is 0.133. The maximum Gasteiger partial charge on any atom is 0.255 e. The molecule has 0 spiro atoms. The zero-order valence-electron chi connectivity index (χ0n) is 10.6. The van der Waals surface area contributed by atoms with E-state index in [1.165, 1.54) is 0 Å². The van der Waals surface area contributed by atoms with E-state index in [1.807, 2.05) is 50.2 Å². The van der Waals surface area contributed by atoms with Gasteiger partial charge in [0.1, 0.15) is 0 Å². The highest BCUT2D eigenvalue weighted by atomic mass is 79.9. The summed E-state index contributed by atoms with van der Waals surface area (Å²) in [5.74, 6) is -0.117. The summed E-state index contributed by atoms with van der Waals surface area (Å²) < 4.78 is 1.79. The van der Waals surface area contributed by atoms with Crippen molar-refractivity contribution < 1.29 is 4.79 Å². The molecule has 0 unspecified atom stereocenters. The molecule has 19 heavy (non-hydrogen) atoms. The molecular formula is C15H13Br2NO. The van der Waals surface area contributed by atoms with Gasteiger partial charge in [0, 0.05) is 14.5 Å². The Morgan fingerprint density at radius 2 is 1.74 bits per heavy atom. The molecule has 0 saturated heterocycles. The standard InChI is InChI=1S/C15H13Br2NO/c1-9-3-4-14(13(17)7-9)18-15(19)11-5-10(2)6-12(16)8-11/h3-8H,1-2H3,(H,18,19). The molecule has 1 N–H and O–H groups in total. The van der Waals surface area contributed by atoms with Crippen LogP contribution >= 0.6 is 31.9 Å². The molecule has 98 valence electrons. The Hall–Kier alpha value is -1.13. The molecule has 0 fully saturated rings. The lowest BCUT2D eigenvalue weighted by atomic mass is 10.1. The van der Waals surface area contributed by atoms with Crippen molar-refractivity contribution in [3.8, 4) is 0 Å². The van der Waals surface area contributed by atoms with Crippen LogP contribution in [0.2, 0.25) is 0 Å². The number of halogens is 2. The van der Waals surface area contributed by atoms with E-state index < -0.39 is 0 Å². The molecule has 2 rings (SSSR count). The lowest BCUT2D eigenvalue weighted by molar-refractivity contribution is 0.102. The number of hydrogen-bond acceptors (Lipinski definition) is 1. The number of hydrogen-bond donors (Lipinski definition) is 1. The number of benzene rings is 2. The molecule has 0 heterocycles. The van der Waals surface area contributed by atoms with Crippen molar-refractivity contribution in [2.24, 2.45) is 0 Å². The van der Waals surface area contributed by atoms with Gasteiger partial charge in [0.05, 0.1) is 5.69 Å². The van der Waals surface area contributed by atoms with Crippen LogP contribution in [0.15, 0.2) is 45.3 Å². The van der Waals surface area contributed by atoms with Crippen LogP contribution < -0.4 is 5.32 Å². The smallest absolute Gasteiger partial charge is 0.255 e. The second kappa shape index (κ2) is 5.88. The summed E-state index contributed by atoms with van der Waals surface area (Å²) in [7, 11) is 0. The van der Waals surface area contributed by atoms with Crippen molar-refractivity contribution in [2.75, 3.05) is 5.32 Å². The first-order valence-corrected chi connectivity index (χ1v) is 7.39. The summed E-state index contributed by atoms with van der Waals surface area (Å²) in [5, 5.41) is 2.90. The van der Waals surface area contributed by atoms with Crippen LogP contribution in [0.3, 0.4) is 0 Å². The van der Waals surface area contributed by atoms with Crippen molar-refractivity contribution in [1.29, 1.82) is 0 Å². The Morgan fingerprint density at radius 1 is 1.00 bits per heavy atom. The average molecular weight is 383 g/mol. The molecule has 0 aliphatic heterocycles. The molecule has 4 heteroatoms. The number of amides is 1. The van der Waals surface area contributed by atoms with E-state index in [-0.39, 0.29) is 5.91 Å². The number of carbonyl (C=O) groups is 1. The summed E-state index contributed by atoms with van der Waals surface area (Å²) in [6, 6.07) is 11.5. The molecule has 0 aromatic heterocycles. The Morgan fingerprint density at radius 3 is 2.37 bits per heavy atom. The van der Waals surface area contributed by atoms with E-state index >= 15 is 0 Å². The number of carbonyl (C=O) groups excluding carboxylic acids is 1. The van der Waals surface area contributed by atoms with E-state index in [0.29, 0.717) is 5.56 Å². The van der Waals surface area contributed by atoms with Crippen LogP contribution in [0.4, 0.5) is 5.69 Å². The third-order valence-corrected chi connectivity index (χ3v) is 3.79. The molecule has 2 aromatic rings. The lowest BCUT2D eigenvalue weighted by Crippen LogP contribution is -2.12. The fourth-order valence-corrected chi connectivity index (χ4v) is 2.98. The summed E-state index contributed by atoms with van der Waals surface area (Å²) in [6.07, 6.45) is 0. The highest BCUT2D eigenvalue weighted by molar-refractivity contribution is 9.10. The Balaban J connectivity index is 2.25. The summed E-state index contributed by atoms with van der Waals surface area (Å²) in [5.41, 5.74) is 3.60. The third-order valence-electron chi connectivity index (χ3n) is 2.68. The molecule has 0 bridgehead atoms. The lowest BCUT2D eigenvalue weighted by Gasteiger charge is -2.09. The first-order valence-electron chi connectivity index (χ1n) is 5.80. The summed E-state index contributed by atoms with van der Waals surface area (Å²) in [6.45, 7) is 3.97. The highest BCUT2D eigenvalue weighted by Crippen LogP contribution is 2.24. The topological polar surface area (TPSA) is 29.1 Å². The van der Waals surface area contributed by atoms with Gasteiger partial charge in [0.2, 0.25) is 0 Å². The predicted molar refractivity (Wildman–Crippen MR) is 85.7 cm³/mol. The second-order valence-electron chi connectivity index (χ2n) is 4.45. The number of nitrogens with one attached hydrogen (secondary N) is 1. The molecule has 2 aromatic carbocycles. The van der Waals surface area contributed by atoms with Gasteiger partial charge in [-0.2, -0.15) is 0 Å². The van der Waals surface area contributed by atoms with Crippen molar-refractivity contribution in [1.82, 2.24) is 0 Å². The molecule has 0 radical (unpaired) electrons. The summed E-state index contributed by atoms with van der Waals surface area (Å²) >= 11 is 6.85.